The number of ether oxygens (including phenoxy) is 2. The van der Waals surface area contributed by atoms with Crippen LogP contribution < -0.4 is 15.8 Å². The van der Waals surface area contributed by atoms with Gasteiger partial charge in [0, 0.05) is 61.2 Å². The fourth-order valence-electron chi connectivity index (χ4n) is 7.19. The lowest BCUT2D eigenvalue weighted by Crippen LogP contribution is -2.44. The molecule has 3 N–H and O–H groups in total. The smallest absolute Gasteiger partial charge is 0.343 e. The van der Waals surface area contributed by atoms with Crippen LogP contribution in [0.1, 0.15) is 73.3 Å². The number of fused-ring (bicyclic) bond motifs is 5. The molecule has 48 heavy (non-hydrogen) atoms. The lowest BCUT2D eigenvalue weighted by molar-refractivity contribution is -0.172. The first-order chi connectivity index (χ1) is 23.2. The van der Waals surface area contributed by atoms with Crippen LogP contribution >= 0.6 is 0 Å². The van der Waals surface area contributed by atoms with E-state index in [4.69, 9.17) is 19.7 Å². The quantitative estimate of drug-likeness (QED) is 0.0642. The average Bonchev–Trinajstić information content (AvgIpc) is 3.46. The average molecular weight is 660 g/mol. The summed E-state index contributed by atoms with van der Waals surface area (Å²) in [6.07, 6.45) is 6.10. The number of hydroxylamine groups is 1. The molecule has 0 radical (unpaired) electrons. The third-order valence-corrected chi connectivity index (χ3v) is 10.0. The van der Waals surface area contributed by atoms with E-state index in [1.54, 1.807) is 23.0 Å². The molecule has 1 amide bonds. The highest BCUT2D eigenvalue weighted by Gasteiger charge is 2.45. The van der Waals surface area contributed by atoms with Gasteiger partial charge in [0.25, 0.3) is 5.56 Å². The first kappa shape index (κ1) is 33.8. The van der Waals surface area contributed by atoms with Gasteiger partial charge in [0.2, 0.25) is 5.91 Å². The number of aromatic nitrogens is 2. The number of carbonyl (C=O) groups excluding carboxylic acids is 2. The van der Waals surface area contributed by atoms with E-state index in [1.807, 2.05) is 18.2 Å². The first-order valence-electron chi connectivity index (χ1n) is 16.9. The van der Waals surface area contributed by atoms with E-state index in [-0.39, 0.29) is 24.5 Å². The molecule has 0 spiro atoms. The summed E-state index contributed by atoms with van der Waals surface area (Å²) in [6, 6.07) is 5.69. The number of aliphatic hydroxyl groups is 1. The van der Waals surface area contributed by atoms with E-state index in [0.717, 1.165) is 78.8 Å². The Balaban J connectivity index is 1.40. The first-order valence-corrected chi connectivity index (χ1v) is 16.9. The summed E-state index contributed by atoms with van der Waals surface area (Å²) in [7, 11) is 2.13. The summed E-state index contributed by atoms with van der Waals surface area (Å²) in [4.78, 5) is 47.8. The summed E-state index contributed by atoms with van der Waals surface area (Å²) in [5.74, 6) is -0.337. The number of unbranched alkanes of at least 4 members (excludes halogenated alkanes) is 3. The Hall–Kier alpha value is -4.10. The molecule has 2 aromatic heterocycles. The molecule has 0 aliphatic carbocycles. The maximum Gasteiger partial charge on any atom is 0.343 e. The Labute approximate surface area is 279 Å². The third-order valence-electron chi connectivity index (χ3n) is 10.0. The van der Waals surface area contributed by atoms with Crippen molar-refractivity contribution in [1.82, 2.24) is 24.8 Å². The molecule has 1 atom stereocenters. The molecule has 5 heterocycles. The van der Waals surface area contributed by atoms with Gasteiger partial charge in [0.1, 0.15) is 12.4 Å². The standard InChI is InChI=1S/C36H45N5O7/c1-4-10-23-30(47-18-9-7-6-8-11-31(42)38-46)13-12-28-32(23)24(20-40-16-14-39(3)15-17-40)25-21-41-29(33(25)37-28)19-27-26(34(41)43)22-48-35(44)36(27,45)5-2/h4,12-13,19,45-46H,1,5-11,14-18,20-22H2,2-3H3,(H,38,42). The summed E-state index contributed by atoms with van der Waals surface area (Å²) in [5.41, 5.74) is 5.26. The maximum atomic E-state index is 14.0. The number of hydrogen-bond acceptors (Lipinski definition) is 10. The Kier molecular flexibility index (Phi) is 9.98. The minimum absolute atomic E-state index is 0.0863. The number of esters is 1. The topological polar surface area (TPSA) is 146 Å². The van der Waals surface area contributed by atoms with Crippen LogP contribution in [0.2, 0.25) is 0 Å². The predicted octanol–water partition coefficient (Wildman–Crippen LogP) is 3.39. The summed E-state index contributed by atoms with van der Waals surface area (Å²) in [5, 5.41) is 21.0. The van der Waals surface area contributed by atoms with Crippen LogP contribution in [0.15, 0.2) is 35.6 Å². The second-order valence-electron chi connectivity index (χ2n) is 13.1. The molecule has 12 nitrogen and oxygen atoms in total. The van der Waals surface area contributed by atoms with Gasteiger partial charge in [-0.3, -0.25) is 19.7 Å². The van der Waals surface area contributed by atoms with Crippen molar-refractivity contribution in [2.75, 3.05) is 39.8 Å². The van der Waals surface area contributed by atoms with E-state index in [0.29, 0.717) is 61.5 Å². The zero-order valence-corrected chi connectivity index (χ0v) is 27.8. The second-order valence-corrected chi connectivity index (χ2v) is 13.1. The monoisotopic (exact) mass is 659 g/mol. The van der Waals surface area contributed by atoms with Gasteiger partial charge >= 0.3 is 5.97 Å². The molecule has 1 unspecified atom stereocenters. The molecule has 6 rings (SSSR count). The van der Waals surface area contributed by atoms with Gasteiger partial charge in [0.05, 0.1) is 35.6 Å². The number of allylic oxidation sites excluding steroid dienone is 1. The highest BCUT2D eigenvalue weighted by atomic mass is 16.6. The zero-order valence-electron chi connectivity index (χ0n) is 27.8. The Morgan fingerprint density at radius 3 is 2.62 bits per heavy atom. The van der Waals surface area contributed by atoms with E-state index >= 15 is 0 Å². The zero-order chi connectivity index (χ0) is 34.0. The van der Waals surface area contributed by atoms with Gasteiger partial charge in [-0.25, -0.2) is 15.3 Å². The van der Waals surface area contributed by atoms with Gasteiger partial charge in [-0.1, -0.05) is 25.8 Å². The van der Waals surface area contributed by atoms with Gasteiger partial charge in [0.15, 0.2) is 5.60 Å². The number of hydrogen-bond donors (Lipinski definition) is 3. The van der Waals surface area contributed by atoms with Crippen molar-refractivity contribution in [3.05, 3.63) is 69.0 Å². The van der Waals surface area contributed by atoms with Crippen molar-refractivity contribution in [2.24, 2.45) is 0 Å². The van der Waals surface area contributed by atoms with Crippen LogP contribution in [0, 0.1) is 0 Å². The maximum absolute atomic E-state index is 14.0. The van der Waals surface area contributed by atoms with E-state index < -0.39 is 11.6 Å². The molecule has 0 bridgehead atoms. The normalized spacial score (nSPS) is 19.0. The molecule has 12 heteroatoms. The minimum Gasteiger partial charge on any atom is -0.493 e. The molecule has 1 fully saturated rings. The molecule has 0 saturated carbocycles. The molecular weight excluding hydrogens is 614 g/mol. The van der Waals surface area contributed by atoms with Crippen molar-refractivity contribution in [2.45, 2.75) is 77.2 Å². The van der Waals surface area contributed by atoms with Crippen LogP contribution in [0.4, 0.5) is 0 Å². The fraction of sp³-hybridized carbons (Fsp3) is 0.500. The highest BCUT2D eigenvalue weighted by Crippen LogP contribution is 2.42. The molecule has 3 aliphatic heterocycles. The number of pyridine rings is 2. The molecule has 256 valence electrons. The van der Waals surface area contributed by atoms with Crippen molar-refractivity contribution in [1.29, 1.82) is 0 Å². The number of rotatable bonds is 13. The number of nitrogens with one attached hydrogen (secondary N) is 1. The number of nitrogens with zero attached hydrogens (tertiary/aromatic N) is 4. The number of piperazine rings is 1. The van der Waals surface area contributed by atoms with E-state index in [2.05, 4.69) is 23.4 Å². The van der Waals surface area contributed by atoms with Gasteiger partial charge < -0.3 is 24.0 Å². The Morgan fingerprint density at radius 2 is 1.90 bits per heavy atom. The van der Waals surface area contributed by atoms with Crippen LogP contribution in [0.25, 0.3) is 22.3 Å². The molecule has 1 saturated heterocycles. The molecule has 1 aromatic carbocycles. The van der Waals surface area contributed by atoms with Crippen molar-refractivity contribution < 1.29 is 29.4 Å². The minimum atomic E-state index is -1.89. The summed E-state index contributed by atoms with van der Waals surface area (Å²) >= 11 is 0. The number of carbonyl (C=O) groups is 2. The van der Waals surface area contributed by atoms with Gasteiger partial charge in [-0.05, 0) is 56.5 Å². The van der Waals surface area contributed by atoms with Crippen LogP contribution in [-0.2, 0) is 46.0 Å². The van der Waals surface area contributed by atoms with Crippen molar-refractivity contribution in [3.63, 3.8) is 0 Å². The van der Waals surface area contributed by atoms with Crippen molar-refractivity contribution in [3.8, 4) is 17.1 Å². The SMILES string of the molecule is C=CCc1c(OCCCCCCC(=O)NO)ccc2nc3c(c(CN4CCN(C)CC4)c12)Cn1c-3cc2c(c1=O)COC(=O)C2(O)CC. The number of cyclic esters (lactones) is 1. The largest absolute Gasteiger partial charge is 0.493 e. The Morgan fingerprint density at radius 1 is 1.12 bits per heavy atom. The number of amides is 1. The van der Waals surface area contributed by atoms with Crippen LogP contribution in [0.5, 0.6) is 5.75 Å². The summed E-state index contributed by atoms with van der Waals surface area (Å²) < 4.78 is 13.4. The van der Waals surface area contributed by atoms with Crippen LogP contribution in [-0.4, -0.2) is 81.4 Å². The number of benzene rings is 1. The van der Waals surface area contributed by atoms with Crippen LogP contribution in [0.3, 0.4) is 0 Å². The number of likely N-dealkylation sites (N-methyl/N-ethyl adjacent to an activating group) is 1. The second kappa shape index (κ2) is 14.2. The highest BCUT2D eigenvalue weighted by molar-refractivity contribution is 5.93. The third kappa shape index (κ3) is 6.25. The molecular formula is C36H45N5O7. The lowest BCUT2D eigenvalue weighted by Gasteiger charge is -2.33. The molecule has 3 aliphatic rings. The van der Waals surface area contributed by atoms with E-state index in [1.165, 1.54) is 0 Å². The predicted molar refractivity (Wildman–Crippen MR) is 180 cm³/mol. The molecule has 3 aromatic rings. The fourth-order valence-corrected chi connectivity index (χ4v) is 7.19. The van der Waals surface area contributed by atoms with Crippen molar-refractivity contribution >= 4 is 22.8 Å². The van der Waals surface area contributed by atoms with Gasteiger partial charge in [-0.15, -0.1) is 6.58 Å². The van der Waals surface area contributed by atoms with E-state index in [9.17, 15) is 19.5 Å². The summed E-state index contributed by atoms with van der Waals surface area (Å²) in [6.45, 7) is 10.8. The van der Waals surface area contributed by atoms with Gasteiger partial charge in [-0.2, -0.15) is 0 Å². The Bertz CT molecular complexity index is 1800. The lowest BCUT2D eigenvalue weighted by atomic mass is 9.86.